The lowest BCUT2D eigenvalue weighted by Gasteiger charge is -2.06. The number of benzene rings is 1. The van der Waals surface area contributed by atoms with Crippen molar-refractivity contribution in [1.29, 1.82) is 0 Å². The normalized spacial score (nSPS) is 11.1. The molecular weight excluding hydrogens is 214 g/mol. The predicted molar refractivity (Wildman–Crippen MR) is 68.9 cm³/mol. The van der Waals surface area contributed by atoms with Crippen LogP contribution in [0.2, 0.25) is 0 Å². The molecule has 2 heterocycles. The summed E-state index contributed by atoms with van der Waals surface area (Å²) in [5, 5.41) is 1.51. The Kier molecular flexibility index (Phi) is 1.92. The second kappa shape index (κ2) is 3.31. The fraction of sp³-hybridized carbons (Fsp3) is 0.0769. The van der Waals surface area contributed by atoms with Crippen LogP contribution in [0.4, 0.5) is 5.69 Å². The van der Waals surface area contributed by atoms with Gasteiger partial charge in [-0.1, -0.05) is 18.2 Å². The number of para-hydroxylation sites is 1. The van der Waals surface area contributed by atoms with E-state index in [0.29, 0.717) is 16.6 Å². The van der Waals surface area contributed by atoms with Crippen LogP contribution in [0.3, 0.4) is 0 Å². The van der Waals surface area contributed by atoms with E-state index in [9.17, 15) is 4.79 Å². The van der Waals surface area contributed by atoms with Crippen LogP contribution in [0.15, 0.2) is 41.3 Å². The van der Waals surface area contributed by atoms with Crippen molar-refractivity contribution in [1.82, 2.24) is 9.55 Å². The van der Waals surface area contributed by atoms with Gasteiger partial charge in [-0.3, -0.25) is 4.79 Å². The highest BCUT2D eigenvalue weighted by Crippen LogP contribution is 2.20. The summed E-state index contributed by atoms with van der Waals surface area (Å²) in [6.45, 7) is 0. The quantitative estimate of drug-likeness (QED) is 0.592. The zero-order valence-electron chi connectivity index (χ0n) is 9.34. The topological polar surface area (TPSA) is 60.9 Å². The van der Waals surface area contributed by atoms with Crippen LogP contribution in [0.5, 0.6) is 0 Å². The van der Waals surface area contributed by atoms with Crippen LogP contribution in [0, 0.1) is 0 Å². The zero-order valence-corrected chi connectivity index (χ0v) is 9.34. The lowest BCUT2D eigenvalue weighted by molar-refractivity contribution is 0.875. The maximum absolute atomic E-state index is 12.0. The van der Waals surface area contributed by atoms with Crippen molar-refractivity contribution >= 4 is 27.5 Å². The van der Waals surface area contributed by atoms with Crippen LogP contribution < -0.4 is 11.3 Å². The number of aromatic nitrogens is 2. The number of rotatable bonds is 0. The van der Waals surface area contributed by atoms with Crippen LogP contribution in [0.25, 0.3) is 21.8 Å². The van der Waals surface area contributed by atoms with Crippen molar-refractivity contribution in [2.75, 3.05) is 5.73 Å². The summed E-state index contributed by atoms with van der Waals surface area (Å²) in [5.74, 6) is 0. The third-order valence-corrected chi connectivity index (χ3v) is 2.88. The summed E-state index contributed by atoms with van der Waals surface area (Å²) in [5.41, 5.74) is 7.76. The lowest BCUT2D eigenvalue weighted by Crippen LogP contribution is -2.17. The van der Waals surface area contributed by atoms with E-state index < -0.39 is 0 Å². The second-order valence-corrected chi connectivity index (χ2v) is 4.08. The number of hydrogen-bond acceptors (Lipinski definition) is 3. The number of nitrogens with zero attached hydrogens (tertiary/aromatic N) is 2. The Bertz CT molecular complexity index is 790. The Morgan fingerprint density at radius 3 is 2.88 bits per heavy atom. The molecule has 0 spiro atoms. The van der Waals surface area contributed by atoms with Gasteiger partial charge in [0.05, 0.1) is 16.6 Å². The number of nitrogens with two attached hydrogens (primary N) is 1. The zero-order chi connectivity index (χ0) is 12.0. The highest BCUT2D eigenvalue weighted by atomic mass is 16.1. The van der Waals surface area contributed by atoms with Gasteiger partial charge < -0.3 is 10.3 Å². The monoisotopic (exact) mass is 225 g/mol. The number of nitrogen functional groups attached to an aromatic ring is 1. The Labute approximate surface area is 97.3 Å². The number of fused-ring (bicyclic) bond motifs is 2. The molecule has 0 aliphatic heterocycles. The molecule has 3 aromatic rings. The molecule has 0 aliphatic rings. The molecule has 0 radical (unpaired) electrons. The van der Waals surface area contributed by atoms with Gasteiger partial charge in [0.25, 0.3) is 5.56 Å². The van der Waals surface area contributed by atoms with Gasteiger partial charge in [-0.2, -0.15) is 0 Å². The molecule has 84 valence electrons. The average molecular weight is 225 g/mol. The number of aryl methyl sites for hydroxylation is 1. The standard InChI is InChI=1S/C13H11N3O/c1-16-7-10(14)12-9(13(16)17)6-8-4-2-3-5-11(8)15-12/h2-7H,14H2,1H3. The number of hydrogen-bond donors (Lipinski definition) is 1. The van der Waals surface area contributed by atoms with E-state index in [4.69, 9.17) is 5.73 Å². The van der Waals surface area contributed by atoms with Gasteiger partial charge in [-0.05, 0) is 12.1 Å². The first-order chi connectivity index (χ1) is 8.16. The number of pyridine rings is 2. The molecule has 1 aromatic carbocycles. The molecule has 0 bridgehead atoms. The average Bonchev–Trinajstić information content (AvgIpc) is 2.34. The molecule has 2 aromatic heterocycles. The molecule has 0 amide bonds. The van der Waals surface area contributed by atoms with Crippen LogP contribution in [0.1, 0.15) is 0 Å². The van der Waals surface area contributed by atoms with Gasteiger partial charge in [0, 0.05) is 18.6 Å². The summed E-state index contributed by atoms with van der Waals surface area (Å²) < 4.78 is 1.48. The Morgan fingerprint density at radius 1 is 1.29 bits per heavy atom. The lowest BCUT2D eigenvalue weighted by atomic mass is 10.1. The van der Waals surface area contributed by atoms with Gasteiger partial charge in [0.1, 0.15) is 5.52 Å². The molecule has 3 rings (SSSR count). The smallest absolute Gasteiger partial charge is 0.259 e. The summed E-state index contributed by atoms with van der Waals surface area (Å²) in [7, 11) is 1.69. The molecule has 2 N–H and O–H groups in total. The summed E-state index contributed by atoms with van der Waals surface area (Å²) in [6, 6.07) is 9.53. The molecule has 4 nitrogen and oxygen atoms in total. The first kappa shape index (κ1) is 9.84. The van der Waals surface area contributed by atoms with Crippen LogP contribution in [-0.2, 0) is 7.05 Å². The highest BCUT2D eigenvalue weighted by Gasteiger charge is 2.07. The molecule has 0 saturated carbocycles. The van der Waals surface area contributed by atoms with Crippen molar-refractivity contribution in [3.8, 4) is 0 Å². The molecule has 0 unspecified atom stereocenters. The van der Waals surface area contributed by atoms with E-state index in [1.165, 1.54) is 4.57 Å². The Hall–Kier alpha value is -2.36. The first-order valence-electron chi connectivity index (χ1n) is 5.31. The maximum Gasteiger partial charge on any atom is 0.259 e. The molecule has 0 atom stereocenters. The fourth-order valence-corrected chi connectivity index (χ4v) is 2.02. The van der Waals surface area contributed by atoms with E-state index in [1.807, 2.05) is 30.3 Å². The molecule has 0 aliphatic carbocycles. The molecular formula is C13H11N3O. The van der Waals surface area contributed by atoms with E-state index in [1.54, 1.807) is 13.2 Å². The minimum atomic E-state index is -0.0764. The fourth-order valence-electron chi connectivity index (χ4n) is 2.02. The van der Waals surface area contributed by atoms with E-state index >= 15 is 0 Å². The van der Waals surface area contributed by atoms with Crippen LogP contribution in [-0.4, -0.2) is 9.55 Å². The SMILES string of the molecule is Cn1cc(N)c2nc3ccccc3cc2c1=O. The summed E-state index contributed by atoms with van der Waals surface area (Å²) in [4.78, 5) is 16.4. The van der Waals surface area contributed by atoms with Gasteiger partial charge >= 0.3 is 0 Å². The van der Waals surface area contributed by atoms with Crippen LogP contribution >= 0.6 is 0 Å². The maximum atomic E-state index is 12.0. The molecule has 0 saturated heterocycles. The third kappa shape index (κ3) is 1.38. The van der Waals surface area contributed by atoms with E-state index in [0.717, 1.165) is 10.9 Å². The van der Waals surface area contributed by atoms with Crippen molar-refractivity contribution in [3.63, 3.8) is 0 Å². The van der Waals surface area contributed by atoms with Crippen molar-refractivity contribution in [3.05, 3.63) is 46.9 Å². The van der Waals surface area contributed by atoms with Gasteiger partial charge in [0.2, 0.25) is 0 Å². The molecule has 0 fully saturated rings. The summed E-state index contributed by atoms with van der Waals surface area (Å²) >= 11 is 0. The Balaban J connectivity index is 2.60. The molecule has 17 heavy (non-hydrogen) atoms. The minimum absolute atomic E-state index is 0.0764. The van der Waals surface area contributed by atoms with Crippen molar-refractivity contribution in [2.24, 2.45) is 7.05 Å². The number of anilines is 1. The minimum Gasteiger partial charge on any atom is -0.396 e. The van der Waals surface area contributed by atoms with Gasteiger partial charge in [0.15, 0.2) is 0 Å². The first-order valence-corrected chi connectivity index (χ1v) is 5.31. The highest BCUT2D eigenvalue weighted by molar-refractivity contribution is 5.97. The van der Waals surface area contributed by atoms with Crippen molar-refractivity contribution < 1.29 is 0 Å². The predicted octanol–water partition coefficient (Wildman–Crippen LogP) is 1.67. The molecule has 4 heteroatoms. The van der Waals surface area contributed by atoms with E-state index in [-0.39, 0.29) is 5.56 Å². The largest absolute Gasteiger partial charge is 0.396 e. The summed E-state index contributed by atoms with van der Waals surface area (Å²) in [6.07, 6.45) is 1.60. The Morgan fingerprint density at radius 2 is 2.06 bits per heavy atom. The van der Waals surface area contributed by atoms with Gasteiger partial charge in [-0.25, -0.2) is 4.98 Å². The van der Waals surface area contributed by atoms with Gasteiger partial charge in [-0.15, -0.1) is 0 Å². The van der Waals surface area contributed by atoms with E-state index in [2.05, 4.69) is 4.98 Å². The third-order valence-electron chi connectivity index (χ3n) is 2.88. The van der Waals surface area contributed by atoms with Crippen molar-refractivity contribution in [2.45, 2.75) is 0 Å². The second-order valence-electron chi connectivity index (χ2n) is 4.08.